The molecule has 2 unspecified atom stereocenters. The van der Waals surface area contributed by atoms with Crippen molar-refractivity contribution in [2.24, 2.45) is 0 Å². The van der Waals surface area contributed by atoms with Gasteiger partial charge in [0.1, 0.15) is 29.4 Å². The molecule has 1 aliphatic rings. The van der Waals surface area contributed by atoms with Crippen LogP contribution in [0.1, 0.15) is 19.4 Å². The first-order valence-corrected chi connectivity index (χ1v) is 11.0. The minimum absolute atomic E-state index is 0.0729. The van der Waals surface area contributed by atoms with Crippen LogP contribution in [0.3, 0.4) is 0 Å². The molecule has 0 bridgehead atoms. The highest BCUT2D eigenvalue weighted by molar-refractivity contribution is 8.00. The maximum Gasteiger partial charge on any atom is 0.416 e. The summed E-state index contributed by atoms with van der Waals surface area (Å²) in [4.78, 5) is 11.8. The van der Waals surface area contributed by atoms with Gasteiger partial charge in [-0.25, -0.2) is 0 Å². The third-order valence-corrected chi connectivity index (χ3v) is 6.14. The fraction of sp³-hybridized carbons (Fsp3) is 0.381. The third kappa shape index (κ3) is 6.21. The lowest BCUT2D eigenvalue weighted by molar-refractivity contribution is -0.145. The molecule has 2 aromatic carbocycles. The first-order chi connectivity index (χ1) is 14.7. The number of hydrogen-bond acceptors (Lipinski definition) is 6. The second-order valence-electron chi connectivity index (χ2n) is 6.76. The van der Waals surface area contributed by atoms with Gasteiger partial charge in [0.05, 0.1) is 22.6 Å². The summed E-state index contributed by atoms with van der Waals surface area (Å²) in [5, 5.41) is 3.00. The third-order valence-electron chi connectivity index (χ3n) is 4.44. The number of carbonyl (C=O) groups is 1. The molecule has 5 nitrogen and oxygen atoms in total. The molecular formula is C21H21ClF3NO4S. The number of benzene rings is 2. The molecule has 3 atom stereocenters. The van der Waals surface area contributed by atoms with Gasteiger partial charge in [-0.2, -0.15) is 13.2 Å². The normalized spacial score (nSPS) is 19.7. The Morgan fingerprint density at radius 1 is 1.23 bits per heavy atom. The van der Waals surface area contributed by atoms with E-state index in [1.165, 1.54) is 6.07 Å². The van der Waals surface area contributed by atoms with Gasteiger partial charge >= 0.3 is 12.1 Å². The molecule has 0 spiro atoms. The van der Waals surface area contributed by atoms with E-state index in [4.69, 9.17) is 25.8 Å². The van der Waals surface area contributed by atoms with Crippen molar-refractivity contribution in [3.8, 4) is 17.2 Å². The summed E-state index contributed by atoms with van der Waals surface area (Å²) >= 11 is 7.50. The van der Waals surface area contributed by atoms with Crippen LogP contribution in [0.2, 0.25) is 5.02 Å². The van der Waals surface area contributed by atoms with Crippen molar-refractivity contribution < 1.29 is 32.2 Å². The van der Waals surface area contributed by atoms with Crippen LogP contribution in [0.25, 0.3) is 0 Å². The lowest BCUT2D eigenvalue weighted by Crippen LogP contribution is -2.43. The first-order valence-electron chi connectivity index (χ1n) is 9.53. The van der Waals surface area contributed by atoms with Gasteiger partial charge in [-0.1, -0.05) is 11.6 Å². The predicted octanol–water partition coefficient (Wildman–Crippen LogP) is 5.51. The monoisotopic (exact) mass is 475 g/mol. The lowest BCUT2D eigenvalue weighted by Gasteiger charge is -2.21. The Morgan fingerprint density at radius 3 is 2.52 bits per heavy atom. The SMILES string of the molecule is CCOC(=O)[C@@H]1CSC(C(C)Oc2ccc(Oc3ccc(C(F)(F)F)cc3Cl)cc2)N1. The molecule has 3 rings (SSSR count). The topological polar surface area (TPSA) is 56.8 Å². The molecule has 1 N–H and O–H groups in total. The zero-order chi connectivity index (χ0) is 22.6. The van der Waals surface area contributed by atoms with Crippen LogP contribution in [-0.4, -0.2) is 35.8 Å². The number of esters is 1. The van der Waals surface area contributed by atoms with Crippen molar-refractivity contribution in [1.29, 1.82) is 0 Å². The number of carbonyl (C=O) groups excluding carboxylic acids is 1. The van der Waals surface area contributed by atoms with Crippen molar-refractivity contribution >= 4 is 29.3 Å². The van der Waals surface area contributed by atoms with E-state index in [2.05, 4.69) is 5.32 Å². The van der Waals surface area contributed by atoms with Crippen LogP contribution in [-0.2, 0) is 15.7 Å². The number of thioether (sulfide) groups is 1. The van der Waals surface area contributed by atoms with Gasteiger partial charge in [0.25, 0.3) is 0 Å². The molecule has 1 aliphatic heterocycles. The van der Waals surface area contributed by atoms with Gasteiger partial charge in [0, 0.05) is 5.75 Å². The number of nitrogens with one attached hydrogen (secondary N) is 1. The molecule has 0 aliphatic carbocycles. The summed E-state index contributed by atoms with van der Waals surface area (Å²) in [5.41, 5.74) is -0.842. The second kappa shape index (κ2) is 10.0. The molecule has 31 heavy (non-hydrogen) atoms. The highest BCUT2D eigenvalue weighted by Gasteiger charge is 2.34. The Labute approximate surface area is 187 Å². The summed E-state index contributed by atoms with van der Waals surface area (Å²) < 4.78 is 54.8. The van der Waals surface area contributed by atoms with Crippen molar-refractivity contribution in [2.75, 3.05) is 12.4 Å². The number of rotatable bonds is 7. The number of alkyl halides is 3. The number of halogens is 4. The minimum Gasteiger partial charge on any atom is -0.488 e. The Bertz CT molecular complexity index is 910. The molecule has 0 amide bonds. The summed E-state index contributed by atoms with van der Waals surface area (Å²) in [6, 6.07) is 9.20. The molecule has 0 saturated carbocycles. The van der Waals surface area contributed by atoms with Crippen molar-refractivity contribution in [2.45, 2.75) is 37.5 Å². The molecule has 1 heterocycles. The molecule has 1 saturated heterocycles. The predicted molar refractivity (Wildman–Crippen MR) is 113 cm³/mol. The van der Waals surface area contributed by atoms with Gasteiger partial charge in [-0.15, -0.1) is 11.8 Å². The first kappa shape index (κ1) is 23.6. The lowest BCUT2D eigenvalue weighted by atomic mass is 10.2. The molecule has 10 heteroatoms. The summed E-state index contributed by atoms with van der Waals surface area (Å²) in [7, 11) is 0. The van der Waals surface area contributed by atoms with Gasteiger partial charge in [0.15, 0.2) is 0 Å². The van der Waals surface area contributed by atoms with E-state index in [-0.39, 0.29) is 34.3 Å². The maximum absolute atomic E-state index is 12.7. The fourth-order valence-corrected chi connectivity index (χ4v) is 4.33. The largest absolute Gasteiger partial charge is 0.488 e. The zero-order valence-electron chi connectivity index (χ0n) is 16.7. The van der Waals surface area contributed by atoms with Crippen molar-refractivity contribution in [1.82, 2.24) is 5.32 Å². The molecule has 2 aromatic rings. The average molecular weight is 476 g/mol. The average Bonchev–Trinajstić information content (AvgIpc) is 3.21. The van der Waals surface area contributed by atoms with E-state index < -0.39 is 11.7 Å². The van der Waals surface area contributed by atoms with Crippen LogP contribution in [0.15, 0.2) is 42.5 Å². The van der Waals surface area contributed by atoms with Gasteiger partial charge < -0.3 is 14.2 Å². The fourth-order valence-electron chi connectivity index (χ4n) is 2.89. The van der Waals surface area contributed by atoms with Crippen molar-refractivity contribution in [3.05, 3.63) is 53.1 Å². The summed E-state index contributed by atoms with van der Waals surface area (Å²) in [6.07, 6.45) is -4.69. The Balaban J connectivity index is 1.56. The Morgan fingerprint density at radius 2 is 1.90 bits per heavy atom. The van der Waals surface area contributed by atoms with Crippen molar-refractivity contribution in [3.63, 3.8) is 0 Å². The quantitative estimate of drug-likeness (QED) is 0.533. The van der Waals surface area contributed by atoms with Crippen LogP contribution in [0.4, 0.5) is 13.2 Å². The van der Waals surface area contributed by atoms with E-state index in [9.17, 15) is 18.0 Å². The van der Waals surface area contributed by atoms with Gasteiger partial charge in [-0.3, -0.25) is 10.1 Å². The Hall–Kier alpha value is -2.10. The Kier molecular flexibility index (Phi) is 7.61. The molecule has 1 fully saturated rings. The van der Waals surface area contributed by atoms with Gasteiger partial charge in [0.2, 0.25) is 0 Å². The minimum atomic E-state index is -4.47. The smallest absolute Gasteiger partial charge is 0.416 e. The summed E-state index contributed by atoms with van der Waals surface area (Å²) in [6.45, 7) is 4.00. The number of ether oxygens (including phenoxy) is 3. The van der Waals surface area contributed by atoms with Crippen LogP contribution >= 0.6 is 23.4 Å². The standard InChI is InChI=1S/C21H21ClF3NO4S/c1-3-28-20(27)17-11-31-19(26-17)12(2)29-14-5-7-15(8-6-14)30-18-9-4-13(10-16(18)22)21(23,24)25/h4-10,12,17,19,26H,3,11H2,1-2H3/t12?,17-,19?/m0/s1. The highest BCUT2D eigenvalue weighted by Crippen LogP contribution is 2.36. The van der Waals surface area contributed by atoms with E-state index in [0.717, 1.165) is 12.1 Å². The highest BCUT2D eigenvalue weighted by atomic mass is 35.5. The summed E-state index contributed by atoms with van der Waals surface area (Å²) in [5.74, 6) is 1.44. The molecule has 168 valence electrons. The van der Waals surface area contributed by atoms with Crippen LogP contribution in [0, 0.1) is 0 Å². The van der Waals surface area contributed by atoms with Crippen LogP contribution in [0.5, 0.6) is 17.2 Å². The maximum atomic E-state index is 12.7. The van der Waals surface area contributed by atoms with E-state index >= 15 is 0 Å². The molecular weight excluding hydrogens is 455 g/mol. The van der Waals surface area contributed by atoms with E-state index in [1.54, 1.807) is 43.0 Å². The van der Waals surface area contributed by atoms with Gasteiger partial charge in [-0.05, 0) is 56.3 Å². The zero-order valence-corrected chi connectivity index (χ0v) is 18.3. The number of hydrogen-bond donors (Lipinski definition) is 1. The van der Waals surface area contributed by atoms with E-state index in [1.807, 2.05) is 6.92 Å². The van der Waals surface area contributed by atoms with E-state index in [0.29, 0.717) is 23.9 Å². The molecule has 0 radical (unpaired) electrons. The second-order valence-corrected chi connectivity index (χ2v) is 8.35. The van der Waals surface area contributed by atoms with Crippen LogP contribution < -0.4 is 14.8 Å². The molecule has 0 aromatic heterocycles.